The standard InChI is InChI=1S/C18H19F2NO2/c19-15-8-6-13(16(20)12-15)7-9-18(23)21-17(10-11-22)14-4-2-1-3-5-14/h1-6,8,12,17,22H,7,9-11H2,(H,21,23). The van der Waals surface area contributed by atoms with Crippen LogP contribution < -0.4 is 5.32 Å². The Morgan fingerprint density at radius 2 is 1.87 bits per heavy atom. The van der Waals surface area contributed by atoms with Crippen molar-refractivity contribution in [3.05, 3.63) is 71.3 Å². The van der Waals surface area contributed by atoms with Crippen LogP contribution in [0.4, 0.5) is 8.78 Å². The second-order valence-electron chi connectivity index (χ2n) is 5.28. The first-order chi connectivity index (χ1) is 11.1. The third kappa shape index (κ3) is 5.14. The van der Waals surface area contributed by atoms with Crippen LogP contribution in [0.2, 0.25) is 0 Å². The van der Waals surface area contributed by atoms with Crippen LogP contribution in [-0.2, 0) is 11.2 Å². The normalized spacial score (nSPS) is 12.0. The molecule has 0 saturated heterocycles. The zero-order valence-corrected chi connectivity index (χ0v) is 12.6. The van der Waals surface area contributed by atoms with Gasteiger partial charge in [-0.25, -0.2) is 8.78 Å². The lowest BCUT2D eigenvalue weighted by atomic mass is 10.0. The molecule has 0 radical (unpaired) electrons. The van der Waals surface area contributed by atoms with Crippen molar-refractivity contribution in [2.24, 2.45) is 0 Å². The van der Waals surface area contributed by atoms with E-state index in [9.17, 15) is 13.6 Å². The van der Waals surface area contributed by atoms with Crippen LogP contribution in [-0.4, -0.2) is 17.6 Å². The minimum absolute atomic E-state index is 0.0492. The number of nitrogens with one attached hydrogen (secondary N) is 1. The number of carbonyl (C=O) groups is 1. The molecular formula is C18H19F2NO2. The van der Waals surface area contributed by atoms with Gasteiger partial charge in [-0.2, -0.15) is 0 Å². The highest BCUT2D eigenvalue weighted by molar-refractivity contribution is 5.76. The lowest BCUT2D eigenvalue weighted by Crippen LogP contribution is -2.29. The highest BCUT2D eigenvalue weighted by atomic mass is 19.1. The molecule has 0 heterocycles. The Labute approximate surface area is 134 Å². The van der Waals surface area contributed by atoms with Gasteiger partial charge in [-0.05, 0) is 30.0 Å². The molecule has 2 N–H and O–H groups in total. The van der Waals surface area contributed by atoms with E-state index >= 15 is 0 Å². The van der Waals surface area contributed by atoms with Crippen LogP contribution in [0.3, 0.4) is 0 Å². The van der Waals surface area contributed by atoms with Crippen molar-refractivity contribution in [3.63, 3.8) is 0 Å². The van der Waals surface area contributed by atoms with Crippen LogP contribution in [0.25, 0.3) is 0 Å². The molecule has 0 aliphatic carbocycles. The molecule has 0 fully saturated rings. The Kier molecular flexibility index (Phi) is 6.23. The van der Waals surface area contributed by atoms with E-state index < -0.39 is 11.6 Å². The summed E-state index contributed by atoms with van der Waals surface area (Å²) >= 11 is 0. The first-order valence-corrected chi connectivity index (χ1v) is 7.49. The Bertz CT molecular complexity index is 647. The van der Waals surface area contributed by atoms with Gasteiger partial charge >= 0.3 is 0 Å². The number of hydrogen-bond donors (Lipinski definition) is 2. The van der Waals surface area contributed by atoms with E-state index in [1.807, 2.05) is 30.3 Å². The molecule has 5 heteroatoms. The summed E-state index contributed by atoms with van der Waals surface area (Å²) in [4.78, 5) is 12.1. The van der Waals surface area contributed by atoms with Gasteiger partial charge in [0.05, 0.1) is 6.04 Å². The molecule has 0 aliphatic heterocycles. The van der Waals surface area contributed by atoms with Crippen molar-refractivity contribution in [1.29, 1.82) is 0 Å². The number of aryl methyl sites for hydroxylation is 1. The van der Waals surface area contributed by atoms with Crippen molar-refractivity contribution < 1.29 is 18.7 Å². The summed E-state index contributed by atoms with van der Waals surface area (Å²) in [5.74, 6) is -1.52. The van der Waals surface area contributed by atoms with E-state index in [1.54, 1.807) is 0 Å². The largest absolute Gasteiger partial charge is 0.396 e. The number of aliphatic hydroxyl groups excluding tert-OH is 1. The zero-order chi connectivity index (χ0) is 16.7. The molecule has 0 saturated carbocycles. The van der Waals surface area contributed by atoms with Crippen molar-refractivity contribution in [3.8, 4) is 0 Å². The van der Waals surface area contributed by atoms with Gasteiger partial charge in [0.1, 0.15) is 11.6 Å². The maximum absolute atomic E-state index is 13.5. The molecule has 2 aromatic rings. The Hall–Kier alpha value is -2.27. The summed E-state index contributed by atoms with van der Waals surface area (Å²) in [5.41, 5.74) is 1.21. The lowest BCUT2D eigenvalue weighted by Gasteiger charge is -2.18. The maximum Gasteiger partial charge on any atom is 0.220 e. The fourth-order valence-corrected chi connectivity index (χ4v) is 2.38. The quantitative estimate of drug-likeness (QED) is 0.824. The van der Waals surface area contributed by atoms with Gasteiger partial charge < -0.3 is 10.4 Å². The summed E-state index contributed by atoms with van der Waals surface area (Å²) in [7, 11) is 0. The van der Waals surface area contributed by atoms with E-state index in [2.05, 4.69) is 5.32 Å². The van der Waals surface area contributed by atoms with E-state index in [-0.39, 0.29) is 31.4 Å². The molecule has 1 amide bonds. The second kappa shape index (κ2) is 8.39. The topological polar surface area (TPSA) is 49.3 Å². The Morgan fingerprint density at radius 3 is 2.52 bits per heavy atom. The Balaban J connectivity index is 1.94. The minimum atomic E-state index is -0.646. The van der Waals surface area contributed by atoms with Gasteiger partial charge in [0, 0.05) is 19.1 Å². The molecule has 0 spiro atoms. The SMILES string of the molecule is O=C(CCc1ccc(F)cc1F)NC(CCO)c1ccccc1. The van der Waals surface area contributed by atoms with Gasteiger partial charge in [0.15, 0.2) is 0 Å². The molecule has 1 atom stereocenters. The third-order valence-corrected chi connectivity index (χ3v) is 3.59. The van der Waals surface area contributed by atoms with E-state index in [0.717, 1.165) is 11.6 Å². The van der Waals surface area contributed by atoms with Crippen LogP contribution in [0.1, 0.15) is 30.0 Å². The number of aliphatic hydroxyl groups is 1. The van der Waals surface area contributed by atoms with Crippen molar-refractivity contribution in [1.82, 2.24) is 5.32 Å². The fourth-order valence-electron chi connectivity index (χ4n) is 2.38. The predicted molar refractivity (Wildman–Crippen MR) is 83.7 cm³/mol. The summed E-state index contributed by atoms with van der Waals surface area (Å²) in [6.45, 7) is -0.0492. The predicted octanol–water partition coefficient (Wildman–Crippen LogP) is 3.14. The van der Waals surface area contributed by atoms with Crippen LogP contribution in [0.5, 0.6) is 0 Å². The molecule has 1 unspecified atom stereocenters. The monoisotopic (exact) mass is 319 g/mol. The summed E-state index contributed by atoms with van der Waals surface area (Å²) in [5, 5.41) is 12.0. The smallest absolute Gasteiger partial charge is 0.220 e. The van der Waals surface area contributed by atoms with Gasteiger partial charge in [-0.15, -0.1) is 0 Å². The van der Waals surface area contributed by atoms with Gasteiger partial charge in [-0.3, -0.25) is 4.79 Å². The average Bonchev–Trinajstić information content (AvgIpc) is 2.54. The third-order valence-electron chi connectivity index (χ3n) is 3.59. The highest BCUT2D eigenvalue weighted by Gasteiger charge is 2.14. The number of rotatable bonds is 7. The lowest BCUT2D eigenvalue weighted by molar-refractivity contribution is -0.121. The first-order valence-electron chi connectivity index (χ1n) is 7.49. The molecule has 0 aromatic heterocycles. The number of benzene rings is 2. The van der Waals surface area contributed by atoms with Crippen molar-refractivity contribution in [2.75, 3.05) is 6.61 Å². The molecule has 122 valence electrons. The van der Waals surface area contributed by atoms with Crippen LogP contribution in [0, 0.1) is 11.6 Å². The van der Waals surface area contributed by atoms with E-state index in [4.69, 9.17) is 5.11 Å². The number of amides is 1. The average molecular weight is 319 g/mol. The number of carbonyl (C=O) groups excluding carboxylic acids is 1. The summed E-state index contributed by atoms with van der Waals surface area (Å²) < 4.78 is 26.4. The minimum Gasteiger partial charge on any atom is -0.396 e. The fraction of sp³-hybridized carbons (Fsp3) is 0.278. The Morgan fingerprint density at radius 1 is 1.13 bits per heavy atom. The van der Waals surface area contributed by atoms with E-state index in [1.165, 1.54) is 12.1 Å². The van der Waals surface area contributed by atoms with Crippen molar-refractivity contribution in [2.45, 2.75) is 25.3 Å². The molecule has 2 rings (SSSR count). The highest BCUT2D eigenvalue weighted by Crippen LogP contribution is 2.17. The first kappa shape index (κ1) is 17.1. The van der Waals surface area contributed by atoms with Crippen molar-refractivity contribution >= 4 is 5.91 Å². The molecule has 3 nitrogen and oxygen atoms in total. The molecule has 0 aliphatic rings. The maximum atomic E-state index is 13.5. The molecule has 23 heavy (non-hydrogen) atoms. The number of hydrogen-bond acceptors (Lipinski definition) is 2. The van der Waals surface area contributed by atoms with Crippen LogP contribution in [0.15, 0.2) is 48.5 Å². The van der Waals surface area contributed by atoms with E-state index in [0.29, 0.717) is 12.0 Å². The molecule has 2 aromatic carbocycles. The summed E-state index contributed by atoms with van der Waals surface area (Å²) in [6, 6.07) is 12.4. The summed E-state index contributed by atoms with van der Waals surface area (Å²) in [6.07, 6.45) is 0.691. The number of halogens is 2. The molecular weight excluding hydrogens is 300 g/mol. The van der Waals surface area contributed by atoms with Gasteiger partial charge in [0.2, 0.25) is 5.91 Å². The van der Waals surface area contributed by atoms with Gasteiger partial charge in [-0.1, -0.05) is 36.4 Å². The zero-order valence-electron chi connectivity index (χ0n) is 12.6. The molecule has 0 bridgehead atoms. The van der Waals surface area contributed by atoms with Gasteiger partial charge in [0.25, 0.3) is 0 Å². The van der Waals surface area contributed by atoms with Crippen LogP contribution >= 0.6 is 0 Å². The second-order valence-corrected chi connectivity index (χ2v) is 5.28.